The van der Waals surface area contributed by atoms with Gasteiger partial charge in [0.25, 0.3) is 0 Å². The number of carbonyl (C=O) groups excluding carboxylic acids is 1. The molecule has 0 aromatic carbocycles. The second-order valence-corrected chi connectivity index (χ2v) is 6.40. The van der Waals surface area contributed by atoms with Gasteiger partial charge in [0.05, 0.1) is 0 Å². The Kier molecular flexibility index (Phi) is 7.44. The van der Waals surface area contributed by atoms with Crippen LogP contribution in [-0.4, -0.2) is 36.5 Å². The largest absolute Gasteiger partial charge is 0.342 e. The Morgan fingerprint density at radius 1 is 1.32 bits per heavy atom. The van der Waals surface area contributed by atoms with Gasteiger partial charge in [0.15, 0.2) is 0 Å². The van der Waals surface area contributed by atoms with Gasteiger partial charge in [-0.1, -0.05) is 27.2 Å². The third-order valence-corrected chi connectivity index (χ3v) is 4.25. The Morgan fingerprint density at radius 2 is 2.05 bits per heavy atom. The molecule has 1 saturated heterocycles. The molecule has 112 valence electrons. The molecule has 0 radical (unpaired) electrons. The summed E-state index contributed by atoms with van der Waals surface area (Å²) in [7, 11) is 0. The molecule has 0 aliphatic carbocycles. The number of hydrogen-bond donors (Lipinski definition) is 1. The van der Waals surface area contributed by atoms with Crippen molar-refractivity contribution in [2.45, 2.75) is 65.8 Å². The zero-order valence-corrected chi connectivity index (χ0v) is 13.2. The maximum Gasteiger partial charge on any atom is 0.222 e. The van der Waals surface area contributed by atoms with Crippen molar-refractivity contribution in [3.05, 3.63) is 0 Å². The second kappa shape index (κ2) is 8.57. The van der Waals surface area contributed by atoms with E-state index in [0.29, 0.717) is 23.8 Å². The minimum atomic E-state index is 0.371. The number of nitrogens with one attached hydrogen (secondary N) is 1. The van der Waals surface area contributed by atoms with E-state index in [4.69, 9.17) is 0 Å². The van der Waals surface area contributed by atoms with Gasteiger partial charge >= 0.3 is 0 Å². The quantitative estimate of drug-likeness (QED) is 0.652. The fourth-order valence-electron chi connectivity index (χ4n) is 2.71. The van der Waals surface area contributed by atoms with E-state index in [1.54, 1.807) is 0 Å². The Balaban J connectivity index is 2.11. The molecule has 0 aromatic rings. The Morgan fingerprint density at radius 3 is 2.63 bits per heavy atom. The van der Waals surface area contributed by atoms with Crippen LogP contribution < -0.4 is 5.32 Å². The molecule has 1 aliphatic heterocycles. The molecular weight excluding hydrogens is 236 g/mol. The van der Waals surface area contributed by atoms with Gasteiger partial charge in [0.1, 0.15) is 0 Å². The molecule has 2 unspecified atom stereocenters. The van der Waals surface area contributed by atoms with Crippen molar-refractivity contribution in [1.82, 2.24) is 10.2 Å². The van der Waals surface area contributed by atoms with Crippen LogP contribution in [0.3, 0.4) is 0 Å². The van der Waals surface area contributed by atoms with Gasteiger partial charge < -0.3 is 10.2 Å². The first-order valence-corrected chi connectivity index (χ1v) is 8.05. The van der Waals surface area contributed by atoms with E-state index >= 15 is 0 Å². The smallest absolute Gasteiger partial charge is 0.222 e. The third-order valence-electron chi connectivity index (χ3n) is 4.25. The highest BCUT2D eigenvalue weighted by Gasteiger charge is 2.30. The van der Waals surface area contributed by atoms with E-state index in [-0.39, 0.29) is 0 Å². The van der Waals surface area contributed by atoms with Crippen LogP contribution in [0.5, 0.6) is 0 Å². The molecule has 2 atom stereocenters. The monoisotopic (exact) mass is 268 g/mol. The first-order valence-electron chi connectivity index (χ1n) is 8.05. The minimum absolute atomic E-state index is 0.371. The molecule has 0 spiro atoms. The van der Waals surface area contributed by atoms with Crippen molar-refractivity contribution in [2.75, 3.05) is 19.6 Å². The molecule has 1 amide bonds. The maximum absolute atomic E-state index is 11.9. The number of carbonyl (C=O) groups is 1. The lowest BCUT2D eigenvalue weighted by Crippen LogP contribution is -2.28. The van der Waals surface area contributed by atoms with E-state index < -0.39 is 0 Å². The van der Waals surface area contributed by atoms with Crippen molar-refractivity contribution in [3.8, 4) is 0 Å². The van der Waals surface area contributed by atoms with Crippen molar-refractivity contribution >= 4 is 5.91 Å². The van der Waals surface area contributed by atoms with Crippen molar-refractivity contribution in [2.24, 2.45) is 11.8 Å². The topological polar surface area (TPSA) is 32.3 Å². The Bertz CT molecular complexity index is 265. The summed E-state index contributed by atoms with van der Waals surface area (Å²) in [6.45, 7) is 12.0. The lowest BCUT2D eigenvalue weighted by atomic mass is 9.95. The molecule has 3 heteroatoms. The first kappa shape index (κ1) is 16.5. The fraction of sp³-hybridized carbons (Fsp3) is 0.938. The average molecular weight is 268 g/mol. The minimum Gasteiger partial charge on any atom is -0.342 e. The van der Waals surface area contributed by atoms with Gasteiger partial charge in [-0.15, -0.1) is 0 Å². The van der Waals surface area contributed by atoms with E-state index in [0.717, 1.165) is 32.5 Å². The third kappa shape index (κ3) is 5.94. The molecule has 19 heavy (non-hydrogen) atoms. The summed E-state index contributed by atoms with van der Waals surface area (Å²) >= 11 is 0. The molecule has 3 nitrogen and oxygen atoms in total. The molecule has 0 aromatic heterocycles. The Hall–Kier alpha value is -0.570. The summed E-state index contributed by atoms with van der Waals surface area (Å²) in [5, 5.41) is 3.51. The zero-order valence-electron chi connectivity index (χ0n) is 13.2. The van der Waals surface area contributed by atoms with Crippen LogP contribution in [-0.2, 0) is 4.79 Å². The predicted octanol–water partition coefficient (Wildman–Crippen LogP) is 3.05. The molecule has 1 rings (SSSR count). The van der Waals surface area contributed by atoms with E-state index in [9.17, 15) is 4.79 Å². The molecule has 0 bridgehead atoms. The van der Waals surface area contributed by atoms with Gasteiger partial charge in [-0.25, -0.2) is 0 Å². The second-order valence-electron chi connectivity index (χ2n) is 6.40. The lowest BCUT2D eigenvalue weighted by molar-refractivity contribution is -0.127. The number of likely N-dealkylation sites (tertiary alicyclic amines) is 1. The average Bonchev–Trinajstić information content (AvgIpc) is 2.74. The molecule has 1 heterocycles. The number of rotatable bonds is 9. The van der Waals surface area contributed by atoms with E-state index in [1.807, 2.05) is 0 Å². The number of nitrogens with zero attached hydrogens (tertiary/aromatic N) is 1. The summed E-state index contributed by atoms with van der Waals surface area (Å²) in [6, 6.07) is 0.609. The fourth-order valence-corrected chi connectivity index (χ4v) is 2.71. The van der Waals surface area contributed by atoms with Gasteiger partial charge in [-0.05, 0) is 44.6 Å². The summed E-state index contributed by atoms with van der Waals surface area (Å²) < 4.78 is 0. The van der Waals surface area contributed by atoms with E-state index in [2.05, 4.69) is 37.9 Å². The molecule has 1 N–H and O–H groups in total. The number of amides is 1. The summed E-state index contributed by atoms with van der Waals surface area (Å²) in [5.74, 6) is 1.58. The highest BCUT2D eigenvalue weighted by Crippen LogP contribution is 2.24. The van der Waals surface area contributed by atoms with Crippen LogP contribution in [0.25, 0.3) is 0 Å². The normalized spacial score (nSPS) is 21.4. The van der Waals surface area contributed by atoms with Crippen LogP contribution in [0, 0.1) is 11.8 Å². The van der Waals surface area contributed by atoms with Crippen LogP contribution in [0.2, 0.25) is 0 Å². The van der Waals surface area contributed by atoms with Crippen LogP contribution in [0.15, 0.2) is 0 Å². The standard InChI is InChI=1S/C16H32N2O/c1-5-9-17-14(4)8-6-7-10-18-12-15(13(2)3)11-16(18)19/h13-15,17H,5-12H2,1-4H3. The number of unbranched alkanes of at least 4 members (excludes halogenated alkanes) is 1. The zero-order chi connectivity index (χ0) is 14.3. The summed E-state index contributed by atoms with van der Waals surface area (Å²) in [5.41, 5.74) is 0. The van der Waals surface area contributed by atoms with Gasteiger partial charge in [0.2, 0.25) is 5.91 Å². The van der Waals surface area contributed by atoms with E-state index in [1.165, 1.54) is 19.3 Å². The highest BCUT2D eigenvalue weighted by molar-refractivity contribution is 5.78. The van der Waals surface area contributed by atoms with Crippen LogP contribution in [0.1, 0.15) is 59.8 Å². The molecule has 0 saturated carbocycles. The molecule has 1 fully saturated rings. The van der Waals surface area contributed by atoms with Gasteiger partial charge in [-0.3, -0.25) is 4.79 Å². The highest BCUT2D eigenvalue weighted by atomic mass is 16.2. The van der Waals surface area contributed by atoms with Crippen molar-refractivity contribution in [1.29, 1.82) is 0 Å². The van der Waals surface area contributed by atoms with Crippen molar-refractivity contribution < 1.29 is 4.79 Å². The van der Waals surface area contributed by atoms with Crippen molar-refractivity contribution in [3.63, 3.8) is 0 Å². The van der Waals surface area contributed by atoms with Crippen LogP contribution in [0.4, 0.5) is 0 Å². The van der Waals surface area contributed by atoms with Crippen LogP contribution >= 0.6 is 0 Å². The number of hydrogen-bond acceptors (Lipinski definition) is 2. The van der Waals surface area contributed by atoms with Gasteiger partial charge in [-0.2, -0.15) is 0 Å². The Labute approximate surface area is 119 Å². The summed E-state index contributed by atoms with van der Waals surface area (Å²) in [6.07, 6.45) is 5.55. The predicted molar refractivity (Wildman–Crippen MR) is 81.1 cm³/mol. The molecule has 1 aliphatic rings. The summed E-state index contributed by atoms with van der Waals surface area (Å²) in [4.78, 5) is 14.0. The lowest BCUT2D eigenvalue weighted by Gasteiger charge is -2.19. The van der Waals surface area contributed by atoms with Gasteiger partial charge in [0, 0.05) is 25.6 Å². The maximum atomic E-state index is 11.9. The first-order chi connectivity index (χ1) is 9.04. The SMILES string of the molecule is CCCNC(C)CCCCN1CC(C(C)C)CC1=O. The molecular formula is C16H32N2O.